The summed E-state index contributed by atoms with van der Waals surface area (Å²) in [4.78, 5) is 14.3. The number of aliphatic hydroxyl groups excluding tert-OH is 1. The van der Waals surface area contributed by atoms with Gasteiger partial charge in [-0.1, -0.05) is 37.1 Å². The molecule has 2 N–H and O–H groups in total. The van der Waals surface area contributed by atoms with Crippen molar-refractivity contribution in [1.29, 1.82) is 0 Å². The lowest BCUT2D eigenvalue weighted by atomic mass is 9.96. The molecule has 1 aromatic rings. The summed E-state index contributed by atoms with van der Waals surface area (Å²) < 4.78 is 0. The molecule has 2 unspecified atom stereocenters. The molecule has 1 fully saturated rings. The first-order valence-corrected chi connectivity index (χ1v) is 8.46. The van der Waals surface area contributed by atoms with Gasteiger partial charge in [0.05, 0.1) is 16.8 Å². The van der Waals surface area contributed by atoms with E-state index in [0.717, 1.165) is 32.2 Å². The molecule has 22 heavy (non-hydrogen) atoms. The summed E-state index contributed by atoms with van der Waals surface area (Å²) in [5.41, 5.74) is 0.651. The average Bonchev–Trinajstić information content (AvgIpc) is 2.54. The number of carbonyl (C=O) groups is 1. The maximum atomic E-state index is 12.1. The van der Waals surface area contributed by atoms with Crippen LogP contribution >= 0.6 is 11.6 Å². The highest BCUT2D eigenvalue weighted by Gasteiger charge is 2.27. The van der Waals surface area contributed by atoms with Crippen molar-refractivity contribution in [3.8, 4) is 0 Å². The number of aliphatic hydroxyl groups is 1. The zero-order chi connectivity index (χ0) is 15.9. The van der Waals surface area contributed by atoms with Crippen molar-refractivity contribution in [1.82, 2.24) is 4.90 Å². The van der Waals surface area contributed by atoms with Crippen molar-refractivity contribution >= 4 is 23.2 Å². The minimum Gasteiger partial charge on any atom is -0.392 e. The SMILES string of the molecule is CCC(O)C1CCCCN1CCC(=O)Nc1ccccc1Cl. The molecule has 0 spiro atoms. The highest BCUT2D eigenvalue weighted by molar-refractivity contribution is 6.33. The van der Waals surface area contributed by atoms with E-state index in [1.807, 2.05) is 19.1 Å². The highest BCUT2D eigenvalue weighted by atomic mass is 35.5. The Morgan fingerprint density at radius 3 is 2.95 bits per heavy atom. The Morgan fingerprint density at radius 2 is 2.23 bits per heavy atom. The Hall–Kier alpha value is -1.10. The van der Waals surface area contributed by atoms with Crippen LogP contribution in [-0.2, 0) is 4.79 Å². The maximum absolute atomic E-state index is 12.1. The van der Waals surface area contributed by atoms with Gasteiger partial charge in [-0.15, -0.1) is 0 Å². The third-order valence-electron chi connectivity index (χ3n) is 4.30. The van der Waals surface area contributed by atoms with Gasteiger partial charge in [0.1, 0.15) is 0 Å². The Kier molecular flexibility index (Phi) is 6.68. The molecule has 0 aromatic heterocycles. The van der Waals surface area contributed by atoms with Crippen molar-refractivity contribution in [3.63, 3.8) is 0 Å². The van der Waals surface area contributed by atoms with E-state index in [0.29, 0.717) is 23.7 Å². The standard InChI is InChI=1S/C17H25ClN2O2/c1-2-16(21)15-9-5-6-11-20(15)12-10-17(22)19-14-8-4-3-7-13(14)18/h3-4,7-8,15-16,21H,2,5-6,9-12H2,1H3,(H,19,22). The minimum absolute atomic E-state index is 0.0385. The molecule has 122 valence electrons. The first-order chi connectivity index (χ1) is 10.6. The number of hydrogen-bond acceptors (Lipinski definition) is 3. The first kappa shape index (κ1) is 17.3. The van der Waals surface area contributed by atoms with Crippen LogP contribution in [0.1, 0.15) is 39.0 Å². The Labute approximate surface area is 137 Å². The molecule has 0 bridgehead atoms. The Bertz CT molecular complexity index is 495. The number of benzene rings is 1. The van der Waals surface area contributed by atoms with Gasteiger partial charge in [0.2, 0.25) is 5.91 Å². The fourth-order valence-corrected chi connectivity index (χ4v) is 3.21. The summed E-state index contributed by atoms with van der Waals surface area (Å²) in [6.07, 6.45) is 4.18. The normalized spacial score (nSPS) is 20.6. The molecule has 2 atom stereocenters. The molecule has 1 heterocycles. The lowest BCUT2D eigenvalue weighted by Crippen LogP contribution is -2.47. The largest absolute Gasteiger partial charge is 0.392 e. The summed E-state index contributed by atoms with van der Waals surface area (Å²) in [6, 6.07) is 7.43. The average molecular weight is 325 g/mol. The number of amides is 1. The zero-order valence-electron chi connectivity index (χ0n) is 13.1. The lowest BCUT2D eigenvalue weighted by Gasteiger charge is -2.38. The molecule has 0 radical (unpaired) electrons. The van der Waals surface area contributed by atoms with Crippen LogP contribution in [0.25, 0.3) is 0 Å². The molecular weight excluding hydrogens is 300 g/mol. The number of carbonyl (C=O) groups excluding carboxylic acids is 1. The summed E-state index contributed by atoms with van der Waals surface area (Å²) >= 11 is 6.04. The number of halogens is 1. The van der Waals surface area contributed by atoms with Crippen molar-refractivity contribution in [3.05, 3.63) is 29.3 Å². The second kappa shape index (κ2) is 8.51. The number of nitrogens with one attached hydrogen (secondary N) is 1. The van der Waals surface area contributed by atoms with Crippen LogP contribution in [0, 0.1) is 0 Å². The van der Waals surface area contributed by atoms with Gasteiger partial charge < -0.3 is 10.4 Å². The van der Waals surface area contributed by atoms with Gasteiger partial charge in [0.15, 0.2) is 0 Å². The summed E-state index contributed by atoms with van der Waals surface area (Å²) in [5.74, 6) is -0.0385. The van der Waals surface area contributed by atoms with Gasteiger partial charge in [-0.3, -0.25) is 9.69 Å². The number of hydrogen-bond donors (Lipinski definition) is 2. The molecule has 2 rings (SSSR count). The molecule has 4 nitrogen and oxygen atoms in total. The fourth-order valence-electron chi connectivity index (χ4n) is 3.02. The van der Waals surface area contributed by atoms with Gasteiger partial charge in [0.25, 0.3) is 0 Å². The number of piperidine rings is 1. The number of rotatable bonds is 6. The van der Waals surface area contributed by atoms with Crippen LogP contribution in [0.5, 0.6) is 0 Å². The molecule has 0 saturated carbocycles. The number of anilines is 1. The maximum Gasteiger partial charge on any atom is 0.225 e. The monoisotopic (exact) mass is 324 g/mol. The van der Waals surface area contributed by atoms with Crippen LogP contribution < -0.4 is 5.32 Å². The van der Waals surface area contributed by atoms with Gasteiger partial charge in [-0.25, -0.2) is 0 Å². The number of nitrogens with zero attached hydrogens (tertiary/aromatic N) is 1. The first-order valence-electron chi connectivity index (χ1n) is 8.08. The van der Waals surface area contributed by atoms with E-state index in [-0.39, 0.29) is 18.1 Å². The predicted octanol–water partition coefficient (Wildman–Crippen LogP) is 3.29. The van der Waals surface area contributed by atoms with Crippen LogP contribution in [0.3, 0.4) is 0 Å². The molecule has 1 amide bonds. The number of likely N-dealkylation sites (tertiary alicyclic amines) is 1. The van der Waals surface area contributed by atoms with Crippen molar-refractivity contribution in [2.75, 3.05) is 18.4 Å². The molecule has 1 saturated heterocycles. The van der Waals surface area contributed by atoms with E-state index in [2.05, 4.69) is 10.2 Å². The van der Waals surface area contributed by atoms with Gasteiger partial charge in [0, 0.05) is 19.0 Å². The molecule has 5 heteroatoms. The number of para-hydroxylation sites is 1. The van der Waals surface area contributed by atoms with E-state index in [1.165, 1.54) is 0 Å². The van der Waals surface area contributed by atoms with E-state index in [4.69, 9.17) is 11.6 Å². The third kappa shape index (κ3) is 4.70. The van der Waals surface area contributed by atoms with Gasteiger partial charge in [-0.2, -0.15) is 0 Å². The highest BCUT2D eigenvalue weighted by Crippen LogP contribution is 2.23. The molecule has 0 aliphatic carbocycles. The van der Waals surface area contributed by atoms with E-state index >= 15 is 0 Å². The van der Waals surface area contributed by atoms with E-state index in [1.54, 1.807) is 12.1 Å². The van der Waals surface area contributed by atoms with Crippen molar-refractivity contribution in [2.24, 2.45) is 0 Å². The molecule has 1 aliphatic heterocycles. The fraction of sp³-hybridized carbons (Fsp3) is 0.588. The van der Waals surface area contributed by atoms with Crippen LogP contribution in [0.4, 0.5) is 5.69 Å². The summed E-state index contributed by atoms with van der Waals surface area (Å²) in [6.45, 7) is 3.64. The quantitative estimate of drug-likeness (QED) is 0.844. The molecular formula is C17H25ClN2O2. The predicted molar refractivity (Wildman–Crippen MR) is 90.2 cm³/mol. The second-order valence-electron chi connectivity index (χ2n) is 5.85. The Balaban J connectivity index is 1.85. The summed E-state index contributed by atoms with van der Waals surface area (Å²) in [5, 5.41) is 13.5. The summed E-state index contributed by atoms with van der Waals surface area (Å²) in [7, 11) is 0. The van der Waals surface area contributed by atoms with Crippen molar-refractivity contribution in [2.45, 2.75) is 51.2 Å². The van der Waals surface area contributed by atoms with Crippen molar-refractivity contribution < 1.29 is 9.90 Å². The second-order valence-corrected chi connectivity index (χ2v) is 6.26. The minimum atomic E-state index is -0.299. The van der Waals surface area contributed by atoms with Gasteiger partial charge in [-0.05, 0) is 37.9 Å². The zero-order valence-corrected chi connectivity index (χ0v) is 13.9. The van der Waals surface area contributed by atoms with Gasteiger partial charge >= 0.3 is 0 Å². The third-order valence-corrected chi connectivity index (χ3v) is 4.63. The smallest absolute Gasteiger partial charge is 0.225 e. The van der Waals surface area contributed by atoms with E-state index in [9.17, 15) is 9.90 Å². The lowest BCUT2D eigenvalue weighted by molar-refractivity contribution is -0.117. The van der Waals surface area contributed by atoms with Crippen LogP contribution in [0.15, 0.2) is 24.3 Å². The van der Waals surface area contributed by atoms with Crippen LogP contribution in [-0.4, -0.2) is 41.1 Å². The Morgan fingerprint density at radius 1 is 1.45 bits per heavy atom. The van der Waals surface area contributed by atoms with E-state index < -0.39 is 0 Å². The molecule has 1 aromatic carbocycles. The topological polar surface area (TPSA) is 52.6 Å². The molecule has 1 aliphatic rings. The van der Waals surface area contributed by atoms with Crippen LogP contribution in [0.2, 0.25) is 5.02 Å².